The van der Waals surface area contributed by atoms with Gasteiger partial charge in [-0.05, 0) is 48.4 Å². The summed E-state index contributed by atoms with van der Waals surface area (Å²) in [5, 5.41) is 13.4. The SMILES string of the molecule is CNC(=O)c1cc(Cl)cc(C)c1CC(=O)c1cc(Cn2ncc(C(F)(F)C(F)(F)C(F)(F)F)n2)nn1-c1ncccc1Cl. The van der Waals surface area contributed by atoms with Gasteiger partial charge >= 0.3 is 18.0 Å². The summed E-state index contributed by atoms with van der Waals surface area (Å²) in [5.74, 6) is -13.3. The van der Waals surface area contributed by atoms with Crippen molar-refractivity contribution in [3.63, 3.8) is 0 Å². The minimum Gasteiger partial charge on any atom is -0.355 e. The highest BCUT2D eigenvalue weighted by atomic mass is 35.5. The van der Waals surface area contributed by atoms with Crippen LogP contribution in [-0.2, 0) is 18.9 Å². The molecule has 0 bridgehead atoms. The molecule has 4 aromatic rings. The number of carbonyl (C=O) groups is 2. The van der Waals surface area contributed by atoms with Gasteiger partial charge in [-0.25, -0.2) is 9.67 Å². The number of Topliss-reactive ketones (excluding diaryl/α,β-unsaturated/α-hetero) is 1. The molecule has 0 atom stereocenters. The fourth-order valence-corrected chi connectivity index (χ4v) is 4.47. The Hall–Kier alpha value is -4.05. The average Bonchev–Trinajstić information content (AvgIpc) is 3.57. The standard InChI is InChI=1S/C25H18Cl2F7N7O2/c1-12-6-13(26)7-16(22(43)35-2)15(12)9-19(42)18-8-14(38-41(18)21-17(27)4-3-5-36-21)11-40-37-10-20(39-40)23(28,29)24(30,31)25(32,33)34/h3-8,10H,9,11H2,1-2H3,(H,35,43). The van der Waals surface area contributed by atoms with Crippen LogP contribution in [0.1, 0.15) is 43.4 Å². The number of carbonyl (C=O) groups excluding carboxylic acids is 2. The quantitative estimate of drug-likeness (QED) is 0.187. The number of benzene rings is 1. The third-order valence-corrected chi connectivity index (χ3v) is 6.66. The zero-order chi connectivity index (χ0) is 31.9. The van der Waals surface area contributed by atoms with Crippen LogP contribution in [0.2, 0.25) is 10.0 Å². The number of amides is 1. The van der Waals surface area contributed by atoms with E-state index >= 15 is 0 Å². The van der Waals surface area contributed by atoms with E-state index in [9.17, 15) is 40.3 Å². The van der Waals surface area contributed by atoms with Crippen LogP contribution in [-0.4, -0.2) is 60.6 Å². The van der Waals surface area contributed by atoms with Crippen molar-refractivity contribution in [2.75, 3.05) is 7.05 Å². The first-order valence-electron chi connectivity index (χ1n) is 11.9. The van der Waals surface area contributed by atoms with Crippen LogP contribution in [0.3, 0.4) is 0 Å². The second-order valence-electron chi connectivity index (χ2n) is 9.08. The lowest BCUT2D eigenvalue weighted by Gasteiger charge is -2.26. The molecule has 0 unspecified atom stereocenters. The van der Waals surface area contributed by atoms with E-state index in [1.807, 2.05) is 0 Å². The molecule has 3 heterocycles. The zero-order valence-corrected chi connectivity index (χ0v) is 23.4. The van der Waals surface area contributed by atoms with Crippen molar-refractivity contribution in [1.82, 2.24) is 35.1 Å². The van der Waals surface area contributed by atoms with Gasteiger partial charge in [-0.3, -0.25) is 9.59 Å². The number of aryl methyl sites for hydroxylation is 1. The number of halogens is 9. The van der Waals surface area contributed by atoms with Gasteiger partial charge in [0.05, 0.1) is 16.9 Å². The second-order valence-corrected chi connectivity index (χ2v) is 9.92. The van der Waals surface area contributed by atoms with E-state index in [0.717, 1.165) is 4.68 Å². The Balaban J connectivity index is 1.73. The molecule has 0 aliphatic rings. The monoisotopic (exact) mass is 651 g/mol. The van der Waals surface area contributed by atoms with Crippen LogP contribution in [0.25, 0.3) is 5.82 Å². The lowest BCUT2D eigenvalue weighted by Crippen LogP contribution is -2.50. The minimum absolute atomic E-state index is 0.0245. The van der Waals surface area contributed by atoms with E-state index in [4.69, 9.17) is 23.2 Å². The minimum atomic E-state index is -6.56. The summed E-state index contributed by atoms with van der Waals surface area (Å²) in [5.41, 5.74) is -1.19. The Morgan fingerprint density at radius 3 is 2.35 bits per heavy atom. The first-order chi connectivity index (χ1) is 20.0. The number of rotatable bonds is 9. The van der Waals surface area contributed by atoms with E-state index in [2.05, 4.69) is 25.6 Å². The van der Waals surface area contributed by atoms with E-state index in [1.165, 1.54) is 37.5 Å². The average molecular weight is 652 g/mol. The lowest BCUT2D eigenvalue weighted by molar-refractivity contribution is -0.360. The number of aromatic nitrogens is 6. The highest BCUT2D eigenvalue weighted by Gasteiger charge is 2.74. The van der Waals surface area contributed by atoms with E-state index < -0.39 is 42.0 Å². The van der Waals surface area contributed by atoms with Crippen molar-refractivity contribution in [1.29, 1.82) is 0 Å². The van der Waals surface area contributed by atoms with Crippen LogP contribution >= 0.6 is 23.2 Å². The molecule has 0 saturated heterocycles. The molecule has 0 aliphatic heterocycles. The van der Waals surface area contributed by atoms with Crippen LogP contribution in [0.15, 0.2) is 42.7 Å². The zero-order valence-electron chi connectivity index (χ0n) is 21.9. The van der Waals surface area contributed by atoms with Crippen molar-refractivity contribution in [3.8, 4) is 5.82 Å². The van der Waals surface area contributed by atoms with E-state index in [0.29, 0.717) is 15.9 Å². The van der Waals surface area contributed by atoms with Gasteiger partial charge < -0.3 is 5.32 Å². The van der Waals surface area contributed by atoms with Crippen molar-refractivity contribution < 1.29 is 40.3 Å². The Bertz CT molecular complexity index is 1700. The van der Waals surface area contributed by atoms with E-state index in [1.54, 1.807) is 13.0 Å². The van der Waals surface area contributed by atoms with Crippen LogP contribution in [0, 0.1) is 6.92 Å². The summed E-state index contributed by atoms with van der Waals surface area (Å²) >= 11 is 12.3. The van der Waals surface area contributed by atoms with Crippen LogP contribution in [0.4, 0.5) is 30.7 Å². The number of hydrogen-bond donors (Lipinski definition) is 1. The van der Waals surface area contributed by atoms with E-state index in [-0.39, 0.29) is 45.4 Å². The molecule has 228 valence electrons. The van der Waals surface area contributed by atoms with Crippen molar-refractivity contribution in [2.45, 2.75) is 37.9 Å². The summed E-state index contributed by atoms with van der Waals surface area (Å²) in [6.07, 6.45) is -5.49. The number of pyridine rings is 1. The normalized spacial score (nSPS) is 12.4. The van der Waals surface area contributed by atoms with Gasteiger partial charge in [0, 0.05) is 30.3 Å². The molecule has 18 heteroatoms. The summed E-state index contributed by atoms with van der Waals surface area (Å²) in [6.45, 7) is 1.01. The van der Waals surface area contributed by atoms with Gasteiger partial charge in [0.15, 0.2) is 17.3 Å². The van der Waals surface area contributed by atoms with Gasteiger partial charge in [-0.1, -0.05) is 23.2 Å². The van der Waals surface area contributed by atoms with Gasteiger partial charge in [0.2, 0.25) is 0 Å². The van der Waals surface area contributed by atoms with Gasteiger partial charge in [0.25, 0.3) is 5.91 Å². The van der Waals surface area contributed by atoms with Crippen LogP contribution in [0.5, 0.6) is 0 Å². The molecule has 9 nitrogen and oxygen atoms in total. The third kappa shape index (κ3) is 6.06. The number of nitrogens with zero attached hydrogens (tertiary/aromatic N) is 6. The summed E-state index contributed by atoms with van der Waals surface area (Å²) < 4.78 is 94.0. The lowest BCUT2D eigenvalue weighted by atomic mass is 9.95. The second kappa shape index (κ2) is 11.6. The van der Waals surface area contributed by atoms with Crippen molar-refractivity contribution >= 4 is 34.9 Å². The molecule has 0 fully saturated rings. The van der Waals surface area contributed by atoms with Gasteiger partial charge in [0.1, 0.15) is 12.2 Å². The molecule has 1 N–H and O–H groups in total. The molecule has 0 saturated carbocycles. The molecule has 1 aromatic carbocycles. The predicted molar refractivity (Wildman–Crippen MR) is 138 cm³/mol. The summed E-state index contributed by atoms with van der Waals surface area (Å²) in [7, 11) is 1.39. The van der Waals surface area contributed by atoms with Crippen molar-refractivity contribution in [2.24, 2.45) is 0 Å². The Kier molecular flexibility index (Phi) is 8.57. The molecular weight excluding hydrogens is 634 g/mol. The first-order valence-corrected chi connectivity index (χ1v) is 12.7. The summed E-state index contributed by atoms with van der Waals surface area (Å²) in [6, 6.07) is 7.05. The smallest absolute Gasteiger partial charge is 0.355 e. The number of hydrogen-bond acceptors (Lipinski definition) is 6. The van der Waals surface area contributed by atoms with Crippen molar-refractivity contribution in [3.05, 3.63) is 86.5 Å². The molecule has 3 aromatic heterocycles. The molecule has 0 spiro atoms. The molecule has 1 amide bonds. The third-order valence-electron chi connectivity index (χ3n) is 6.14. The molecule has 0 radical (unpaired) electrons. The number of alkyl halides is 7. The fourth-order valence-electron chi connectivity index (χ4n) is 4.00. The Labute approximate surface area is 247 Å². The first kappa shape index (κ1) is 31.9. The fraction of sp³-hybridized carbons (Fsp3) is 0.280. The maximum atomic E-state index is 14.1. The number of nitrogens with one attached hydrogen (secondary N) is 1. The number of ketones is 1. The molecule has 4 rings (SSSR count). The Morgan fingerprint density at radius 2 is 1.72 bits per heavy atom. The predicted octanol–water partition coefficient (Wildman–Crippen LogP) is 5.60. The maximum Gasteiger partial charge on any atom is 0.460 e. The topological polar surface area (TPSA) is 108 Å². The largest absolute Gasteiger partial charge is 0.460 e. The maximum absolute atomic E-state index is 14.1. The Morgan fingerprint density at radius 1 is 1.02 bits per heavy atom. The summed E-state index contributed by atoms with van der Waals surface area (Å²) in [4.78, 5) is 30.6. The molecular formula is C25H18Cl2F7N7O2. The molecule has 43 heavy (non-hydrogen) atoms. The highest BCUT2D eigenvalue weighted by Crippen LogP contribution is 2.51. The van der Waals surface area contributed by atoms with Gasteiger partial charge in [-0.15, -0.1) is 0 Å². The van der Waals surface area contributed by atoms with Crippen LogP contribution < -0.4 is 5.32 Å². The van der Waals surface area contributed by atoms with Gasteiger partial charge in [-0.2, -0.15) is 50.8 Å². The molecule has 0 aliphatic carbocycles. The highest BCUT2D eigenvalue weighted by molar-refractivity contribution is 6.32.